The zero-order valence-electron chi connectivity index (χ0n) is 8.76. The number of fused-ring (bicyclic) bond motifs is 1. The first-order valence-electron chi connectivity index (χ1n) is 5.65. The van der Waals surface area contributed by atoms with Gasteiger partial charge in [-0.1, -0.05) is 6.42 Å². The van der Waals surface area contributed by atoms with Crippen LogP contribution in [0.15, 0.2) is 12.4 Å². The van der Waals surface area contributed by atoms with Crippen molar-refractivity contribution in [3.05, 3.63) is 12.4 Å². The molecule has 2 fully saturated rings. The molecule has 3 rings (SSSR count). The van der Waals surface area contributed by atoms with Gasteiger partial charge in [-0.25, -0.2) is 9.97 Å². The van der Waals surface area contributed by atoms with Crippen LogP contribution in [0.25, 0.3) is 0 Å². The molecule has 1 saturated heterocycles. The molecule has 4 heteroatoms. The van der Waals surface area contributed by atoms with Crippen LogP contribution in [0.3, 0.4) is 0 Å². The summed E-state index contributed by atoms with van der Waals surface area (Å²) in [4.78, 5) is 10.9. The van der Waals surface area contributed by atoms with E-state index in [4.69, 9.17) is 5.73 Å². The number of anilines is 2. The van der Waals surface area contributed by atoms with Crippen molar-refractivity contribution >= 4 is 11.6 Å². The van der Waals surface area contributed by atoms with E-state index in [0.717, 1.165) is 30.9 Å². The van der Waals surface area contributed by atoms with Gasteiger partial charge < -0.3 is 10.6 Å². The summed E-state index contributed by atoms with van der Waals surface area (Å²) in [5, 5.41) is 0. The molecule has 1 saturated carbocycles. The number of hydrogen-bond donors (Lipinski definition) is 1. The Morgan fingerprint density at radius 3 is 2.33 bits per heavy atom. The van der Waals surface area contributed by atoms with Gasteiger partial charge >= 0.3 is 0 Å². The molecule has 2 N–H and O–H groups in total. The number of nitrogens with two attached hydrogens (primary N) is 1. The third kappa shape index (κ3) is 1.54. The molecule has 1 aromatic rings. The van der Waals surface area contributed by atoms with Gasteiger partial charge in [0.2, 0.25) is 5.95 Å². The second-order valence-corrected chi connectivity index (χ2v) is 4.67. The molecule has 1 aliphatic carbocycles. The Hall–Kier alpha value is -1.32. The smallest absolute Gasteiger partial charge is 0.225 e. The highest BCUT2D eigenvalue weighted by Crippen LogP contribution is 2.38. The molecule has 0 bridgehead atoms. The number of nitrogens with zero attached hydrogens (tertiary/aromatic N) is 3. The van der Waals surface area contributed by atoms with Crippen LogP contribution >= 0.6 is 0 Å². The van der Waals surface area contributed by atoms with Crippen molar-refractivity contribution in [1.82, 2.24) is 9.97 Å². The summed E-state index contributed by atoms with van der Waals surface area (Å²) in [6.45, 7) is 2.27. The molecule has 2 aliphatic rings. The van der Waals surface area contributed by atoms with Crippen molar-refractivity contribution in [2.45, 2.75) is 19.3 Å². The molecule has 0 amide bonds. The normalized spacial score (nSPS) is 29.5. The fourth-order valence-corrected chi connectivity index (χ4v) is 2.89. The summed E-state index contributed by atoms with van der Waals surface area (Å²) in [5.41, 5.74) is 6.21. The van der Waals surface area contributed by atoms with E-state index in [-0.39, 0.29) is 0 Å². The molecule has 15 heavy (non-hydrogen) atoms. The number of hydrogen-bond acceptors (Lipinski definition) is 4. The van der Waals surface area contributed by atoms with E-state index in [1.54, 1.807) is 12.4 Å². The Kier molecular flexibility index (Phi) is 2.01. The number of nitrogen functional groups attached to an aromatic ring is 1. The van der Waals surface area contributed by atoms with Gasteiger partial charge in [0, 0.05) is 13.1 Å². The fraction of sp³-hybridized carbons (Fsp3) is 0.636. The highest BCUT2D eigenvalue weighted by molar-refractivity contribution is 5.39. The Balaban J connectivity index is 1.76. The first-order valence-corrected chi connectivity index (χ1v) is 5.65. The molecule has 2 unspecified atom stereocenters. The maximum Gasteiger partial charge on any atom is 0.225 e. The summed E-state index contributed by atoms with van der Waals surface area (Å²) >= 11 is 0. The maximum atomic E-state index is 5.57. The number of aromatic nitrogens is 2. The number of rotatable bonds is 1. The van der Waals surface area contributed by atoms with Crippen LogP contribution < -0.4 is 10.6 Å². The third-order valence-corrected chi connectivity index (χ3v) is 3.67. The van der Waals surface area contributed by atoms with Gasteiger partial charge in [0.1, 0.15) is 0 Å². The van der Waals surface area contributed by atoms with Crippen LogP contribution in [-0.2, 0) is 0 Å². The minimum Gasteiger partial charge on any atom is -0.396 e. The zero-order chi connectivity index (χ0) is 10.3. The Morgan fingerprint density at radius 1 is 1.13 bits per heavy atom. The predicted octanol–water partition coefficient (Wildman–Crippen LogP) is 1.30. The fourth-order valence-electron chi connectivity index (χ4n) is 2.89. The van der Waals surface area contributed by atoms with E-state index in [0.29, 0.717) is 5.69 Å². The van der Waals surface area contributed by atoms with Crippen molar-refractivity contribution in [3.63, 3.8) is 0 Å². The van der Waals surface area contributed by atoms with Crippen molar-refractivity contribution < 1.29 is 0 Å². The lowest BCUT2D eigenvalue weighted by Gasteiger charge is -2.16. The van der Waals surface area contributed by atoms with Crippen molar-refractivity contribution in [1.29, 1.82) is 0 Å². The van der Waals surface area contributed by atoms with Crippen molar-refractivity contribution in [2.75, 3.05) is 23.7 Å². The predicted molar refractivity (Wildman–Crippen MR) is 59.5 cm³/mol. The lowest BCUT2D eigenvalue weighted by molar-refractivity contribution is 0.494. The third-order valence-electron chi connectivity index (χ3n) is 3.67. The summed E-state index contributed by atoms with van der Waals surface area (Å²) in [6, 6.07) is 0. The van der Waals surface area contributed by atoms with Gasteiger partial charge in [-0.15, -0.1) is 0 Å². The molecule has 2 heterocycles. The van der Waals surface area contributed by atoms with Crippen LogP contribution in [0.1, 0.15) is 19.3 Å². The molecular formula is C11H16N4. The Bertz CT molecular complexity index is 336. The van der Waals surface area contributed by atoms with Gasteiger partial charge in [-0.3, -0.25) is 0 Å². The van der Waals surface area contributed by atoms with Crippen LogP contribution in [0, 0.1) is 11.8 Å². The van der Waals surface area contributed by atoms with Gasteiger partial charge in [0.05, 0.1) is 18.1 Å². The highest BCUT2D eigenvalue weighted by Gasteiger charge is 2.36. The van der Waals surface area contributed by atoms with Gasteiger partial charge in [0.25, 0.3) is 0 Å². The van der Waals surface area contributed by atoms with Crippen LogP contribution in [0.2, 0.25) is 0 Å². The minimum absolute atomic E-state index is 0.637. The largest absolute Gasteiger partial charge is 0.396 e. The maximum absolute atomic E-state index is 5.57. The Labute approximate surface area is 89.5 Å². The summed E-state index contributed by atoms with van der Waals surface area (Å²) < 4.78 is 0. The van der Waals surface area contributed by atoms with Crippen molar-refractivity contribution in [3.8, 4) is 0 Å². The average Bonchev–Trinajstić information content (AvgIpc) is 2.78. The molecule has 0 spiro atoms. The monoisotopic (exact) mass is 204 g/mol. The van der Waals surface area contributed by atoms with E-state index >= 15 is 0 Å². The highest BCUT2D eigenvalue weighted by atomic mass is 15.3. The zero-order valence-corrected chi connectivity index (χ0v) is 8.76. The second-order valence-electron chi connectivity index (χ2n) is 4.67. The topological polar surface area (TPSA) is 55.0 Å². The van der Waals surface area contributed by atoms with E-state index in [1.807, 2.05) is 0 Å². The van der Waals surface area contributed by atoms with Gasteiger partial charge in [-0.05, 0) is 24.7 Å². The van der Waals surface area contributed by atoms with Gasteiger partial charge in [-0.2, -0.15) is 0 Å². The standard InChI is InChI=1S/C11H16N4/c12-10-4-13-11(14-5-10)15-6-8-2-1-3-9(8)7-15/h4-5,8-9H,1-3,6-7,12H2. The van der Waals surface area contributed by atoms with Crippen molar-refractivity contribution in [2.24, 2.45) is 11.8 Å². The molecule has 0 radical (unpaired) electrons. The SMILES string of the molecule is Nc1cnc(N2CC3CCCC3C2)nc1. The summed E-state index contributed by atoms with van der Waals surface area (Å²) in [5.74, 6) is 2.61. The average molecular weight is 204 g/mol. The molecular weight excluding hydrogens is 188 g/mol. The minimum atomic E-state index is 0.637. The first-order chi connectivity index (χ1) is 7.33. The molecule has 2 atom stereocenters. The quantitative estimate of drug-likeness (QED) is 0.749. The lowest BCUT2D eigenvalue weighted by atomic mass is 10.0. The lowest BCUT2D eigenvalue weighted by Crippen LogP contribution is -2.22. The molecule has 0 aromatic carbocycles. The Morgan fingerprint density at radius 2 is 1.73 bits per heavy atom. The van der Waals surface area contributed by atoms with E-state index in [9.17, 15) is 0 Å². The van der Waals surface area contributed by atoms with Crippen LogP contribution in [-0.4, -0.2) is 23.1 Å². The van der Waals surface area contributed by atoms with E-state index in [1.165, 1.54) is 19.3 Å². The molecule has 80 valence electrons. The molecule has 4 nitrogen and oxygen atoms in total. The van der Waals surface area contributed by atoms with Crippen LogP contribution in [0.5, 0.6) is 0 Å². The van der Waals surface area contributed by atoms with E-state index < -0.39 is 0 Å². The second kappa shape index (κ2) is 3.36. The molecule has 1 aliphatic heterocycles. The molecule has 1 aromatic heterocycles. The van der Waals surface area contributed by atoms with Gasteiger partial charge in [0.15, 0.2) is 0 Å². The first kappa shape index (κ1) is 8.95. The summed E-state index contributed by atoms with van der Waals surface area (Å²) in [7, 11) is 0. The van der Waals surface area contributed by atoms with E-state index in [2.05, 4.69) is 14.9 Å². The van der Waals surface area contributed by atoms with Crippen LogP contribution in [0.4, 0.5) is 11.6 Å². The summed E-state index contributed by atoms with van der Waals surface area (Å²) in [6.07, 6.45) is 7.56.